The quantitative estimate of drug-likeness (QED) is 0.769. The van der Waals surface area contributed by atoms with Crippen LogP contribution < -0.4 is 4.74 Å². The van der Waals surface area contributed by atoms with Crippen LogP contribution in [0.4, 0.5) is 0 Å². The Hall–Kier alpha value is -2.04. The molecule has 1 aliphatic carbocycles. The summed E-state index contributed by atoms with van der Waals surface area (Å²) in [5.41, 5.74) is 0.909. The number of hydrogen-bond donors (Lipinski definition) is 0. The molecule has 2 rings (SSSR count). The van der Waals surface area contributed by atoms with Crippen molar-refractivity contribution in [2.24, 2.45) is 11.8 Å². The molecule has 102 valence electrons. The molecule has 0 N–H and O–H groups in total. The van der Waals surface area contributed by atoms with Crippen LogP contribution >= 0.6 is 0 Å². The second kappa shape index (κ2) is 5.30. The van der Waals surface area contributed by atoms with Gasteiger partial charge in [-0.1, -0.05) is 12.1 Å². The van der Waals surface area contributed by atoms with Gasteiger partial charge < -0.3 is 14.2 Å². The number of carbonyl (C=O) groups excluding carboxylic acids is 2. The fourth-order valence-corrected chi connectivity index (χ4v) is 2.41. The van der Waals surface area contributed by atoms with Crippen molar-refractivity contribution in [3.8, 4) is 5.75 Å². The summed E-state index contributed by atoms with van der Waals surface area (Å²) in [6, 6.07) is 7.30. The molecule has 1 aliphatic rings. The fraction of sp³-hybridized carbons (Fsp3) is 0.429. The first-order valence-corrected chi connectivity index (χ1v) is 5.93. The second-order valence-corrected chi connectivity index (χ2v) is 4.40. The van der Waals surface area contributed by atoms with E-state index in [1.54, 1.807) is 19.2 Å². The van der Waals surface area contributed by atoms with E-state index in [4.69, 9.17) is 14.2 Å². The zero-order valence-electron chi connectivity index (χ0n) is 11.1. The largest absolute Gasteiger partial charge is 0.497 e. The van der Waals surface area contributed by atoms with E-state index < -0.39 is 11.8 Å². The van der Waals surface area contributed by atoms with Crippen LogP contribution in [0.2, 0.25) is 0 Å². The van der Waals surface area contributed by atoms with Crippen LogP contribution in [0.3, 0.4) is 0 Å². The van der Waals surface area contributed by atoms with E-state index in [9.17, 15) is 9.59 Å². The van der Waals surface area contributed by atoms with E-state index in [0.717, 1.165) is 11.3 Å². The number of methoxy groups -OCH3 is 3. The van der Waals surface area contributed by atoms with Crippen molar-refractivity contribution in [1.82, 2.24) is 0 Å². The van der Waals surface area contributed by atoms with Crippen LogP contribution in [0.5, 0.6) is 5.75 Å². The topological polar surface area (TPSA) is 61.8 Å². The zero-order valence-corrected chi connectivity index (χ0v) is 11.1. The molecule has 19 heavy (non-hydrogen) atoms. The SMILES string of the molecule is COC(=O)[C@@H]1[C@H](C(=O)OC)[C@H]1c1ccc(OC)cc1. The fourth-order valence-electron chi connectivity index (χ4n) is 2.41. The van der Waals surface area contributed by atoms with Gasteiger partial charge in [0, 0.05) is 5.92 Å². The van der Waals surface area contributed by atoms with Gasteiger partial charge >= 0.3 is 11.9 Å². The summed E-state index contributed by atoms with van der Waals surface area (Å²) in [6.45, 7) is 0. The molecule has 5 nitrogen and oxygen atoms in total. The molecule has 1 saturated carbocycles. The Kier molecular flexibility index (Phi) is 3.74. The Labute approximate surface area is 111 Å². The molecule has 0 unspecified atom stereocenters. The molecule has 1 aromatic rings. The second-order valence-electron chi connectivity index (χ2n) is 4.40. The predicted molar refractivity (Wildman–Crippen MR) is 66.7 cm³/mol. The molecule has 0 heterocycles. The minimum absolute atomic E-state index is 0.175. The summed E-state index contributed by atoms with van der Waals surface area (Å²) in [6.07, 6.45) is 0. The normalized spacial score (nSPS) is 24.5. The lowest BCUT2D eigenvalue weighted by Gasteiger charge is -2.02. The first kappa shape index (κ1) is 13.4. The molecular formula is C14H16O5. The highest BCUT2D eigenvalue weighted by atomic mass is 16.5. The van der Waals surface area contributed by atoms with Crippen LogP contribution in [0.15, 0.2) is 24.3 Å². The van der Waals surface area contributed by atoms with Crippen molar-refractivity contribution in [3.63, 3.8) is 0 Å². The van der Waals surface area contributed by atoms with Crippen LogP contribution in [-0.4, -0.2) is 33.3 Å². The molecule has 1 fully saturated rings. The summed E-state index contributed by atoms with van der Waals surface area (Å²) >= 11 is 0. The Morgan fingerprint density at radius 3 is 1.74 bits per heavy atom. The van der Waals surface area contributed by atoms with Gasteiger partial charge in [-0.05, 0) is 17.7 Å². The van der Waals surface area contributed by atoms with E-state index >= 15 is 0 Å². The Morgan fingerprint density at radius 1 is 0.895 bits per heavy atom. The highest BCUT2D eigenvalue weighted by Crippen LogP contribution is 2.55. The maximum atomic E-state index is 11.7. The van der Waals surface area contributed by atoms with Crippen LogP contribution in [0.1, 0.15) is 11.5 Å². The van der Waals surface area contributed by atoms with Crippen molar-refractivity contribution in [3.05, 3.63) is 29.8 Å². The van der Waals surface area contributed by atoms with Gasteiger partial charge in [0.05, 0.1) is 33.2 Å². The first-order valence-electron chi connectivity index (χ1n) is 5.93. The summed E-state index contributed by atoms with van der Waals surface area (Å²) in [7, 11) is 4.22. The summed E-state index contributed by atoms with van der Waals surface area (Å²) < 4.78 is 14.5. The van der Waals surface area contributed by atoms with Gasteiger partial charge in [0.2, 0.25) is 0 Å². The molecule has 5 heteroatoms. The Morgan fingerprint density at radius 2 is 1.37 bits per heavy atom. The van der Waals surface area contributed by atoms with Gasteiger partial charge in [0.25, 0.3) is 0 Å². The smallest absolute Gasteiger partial charge is 0.310 e. The lowest BCUT2D eigenvalue weighted by Crippen LogP contribution is -2.10. The molecule has 0 aliphatic heterocycles. The molecule has 0 bridgehead atoms. The van der Waals surface area contributed by atoms with Gasteiger partial charge in [-0.3, -0.25) is 9.59 Å². The number of esters is 2. The first-order chi connectivity index (χ1) is 9.13. The average Bonchev–Trinajstić information content (AvgIpc) is 3.21. The third-order valence-electron chi connectivity index (χ3n) is 3.47. The maximum absolute atomic E-state index is 11.7. The lowest BCUT2D eigenvalue weighted by molar-refractivity contribution is -0.148. The highest BCUT2D eigenvalue weighted by Gasteiger charge is 2.61. The molecule has 0 amide bonds. The van der Waals surface area contributed by atoms with Crippen molar-refractivity contribution in [2.45, 2.75) is 5.92 Å². The molecular weight excluding hydrogens is 248 g/mol. The summed E-state index contributed by atoms with van der Waals surface area (Å²) in [5.74, 6) is -1.11. The third-order valence-corrected chi connectivity index (χ3v) is 3.47. The van der Waals surface area contributed by atoms with Crippen molar-refractivity contribution < 1.29 is 23.8 Å². The van der Waals surface area contributed by atoms with Crippen LogP contribution in [0.25, 0.3) is 0 Å². The summed E-state index contributed by atoms with van der Waals surface area (Å²) in [5, 5.41) is 0. The van der Waals surface area contributed by atoms with E-state index in [2.05, 4.69) is 0 Å². The number of benzene rings is 1. The summed E-state index contributed by atoms with van der Waals surface area (Å²) in [4.78, 5) is 23.3. The van der Waals surface area contributed by atoms with Gasteiger partial charge in [-0.2, -0.15) is 0 Å². The monoisotopic (exact) mass is 264 g/mol. The molecule has 0 aromatic heterocycles. The van der Waals surface area contributed by atoms with Gasteiger partial charge in [-0.15, -0.1) is 0 Å². The highest BCUT2D eigenvalue weighted by molar-refractivity contribution is 5.90. The Bertz CT molecular complexity index is 457. The predicted octanol–water partition coefficient (Wildman–Crippen LogP) is 1.37. The van der Waals surface area contributed by atoms with Crippen molar-refractivity contribution in [1.29, 1.82) is 0 Å². The van der Waals surface area contributed by atoms with Crippen LogP contribution in [-0.2, 0) is 19.1 Å². The van der Waals surface area contributed by atoms with Crippen molar-refractivity contribution >= 4 is 11.9 Å². The van der Waals surface area contributed by atoms with Crippen molar-refractivity contribution in [2.75, 3.05) is 21.3 Å². The third kappa shape index (κ3) is 2.41. The molecule has 0 saturated heterocycles. The van der Waals surface area contributed by atoms with Crippen LogP contribution in [0, 0.1) is 11.8 Å². The van der Waals surface area contributed by atoms with Gasteiger partial charge in [0.1, 0.15) is 5.75 Å². The number of ether oxygens (including phenoxy) is 3. The minimum Gasteiger partial charge on any atom is -0.497 e. The number of carbonyl (C=O) groups is 2. The van der Waals surface area contributed by atoms with E-state index in [-0.39, 0.29) is 17.9 Å². The van der Waals surface area contributed by atoms with E-state index in [0.29, 0.717) is 0 Å². The Balaban J connectivity index is 2.21. The maximum Gasteiger partial charge on any atom is 0.310 e. The van der Waals surface area contributed by atoms with Gasteiger partial charge in [0.15, 0.2) is 0 Å². The van der Waals surface area contributed by atoms with E-state index in [1.165, 1.54) is 14.2 Å². The molecule has 1 aromatic carbocycles. The zero-order chi connectivity index (χ0) is 14.0. The lowest BCUT2D eigenvalue weighted by atomic mass is 10.1. The van der Waals surface area contributed by atoms with E-state index in [1.807, 2.05) is 12.1 Å². The standard InChI is InChI=1S/C14H16O5/c1-17-9-6-4-8(5-7-9)10-11(13(15)18-2)12(10)14(16)19-3/h4-7,10-12H,1-3H3/t10-,11-,12+. The minimum atomic E-state index is -0.453. The van der Waals surface area contributed by atoms with Gasteiger partial charge in [-0.25, -0.2) is 0 Å². The molecule has 0 spiro atoms. The number of rotatable bonds is 4. The number of hydrogen-bond acceptors (Lipinski definition) is 5. The molecule has 3 atom stereocenters. The molecule has 0 radical (unpaired) electrons. The average molecular weight is 264 g/mol.